The molecule has 0 saturated heterocycles. The number of aliphatic hydroxyl groups is 1. The van der Waals surface area contributed by atoms with Gasteiger partial charge in [0.25, 0.3) is 0 Å². The monoisotopic (exact) mass is 346 g/mol. The van der Waals surface area contributed by atoms with Crippen LogP contribution in [0.5, 0.6) is 0 Å². The third kappa shape index (κ3) is 9.06. The first-order valence-electron chi connectivity index (χ1n) is 8.23. The number of hydrogen-bond donors (Lipinski definition) is 1. The van der Waals surface area contributed by atoms with E-state index in [1.165, 1.54) is 20.3 Å². The number of carbonyl (C=O) groups is 1. The molecule has 1 aromatic carbocycles. The molecular weight excluding hydrogens is 320 g/mol. The van der Waals surface area contributed by atoms with Gasteiger partial charge in [0.1, 0.15) is 6.10 Å². The second-order valence-corrected chi connectivity index (χ2v) is 5.46. The second kappa shape index (κ2) is 12.3. The van der Waals surface area contributed by atoms with Crippen molar-refractivity contribution in [2.75, 3.05) is 14.2 Å². The molecule has 0 radical (unpaired) electrons. The van der Waals surface area contributed by atoms with E-state index in [1.54, 1.807) is 30.3 Å². The highest BCUT2D eigenvalue weighted by Crippen LogP contribution is 2.08. The topological polar surface area (TPSA) is 65.0 Å². The molecule has 25 heavy (non-hydrogen) atoms. The van der Waals surface area contributed by atoms with E-state index in [4.69, 9.17) is 14.2 Å². The van der Waals surface area contributed by atoms with Gasteiger partial charge in [-0.25, -0.2) is 4.79 Å². The molecule has 0 fully saturated rings. The van der Waals surface area contributed by atoms with Crippen LogP contribution in [-0.2, 0) is 14.2 Å². The molecular formula is C20H26O5. The van der Waals surface area contributed by atoms with Gasteiger partial charge in [-0.05, 0) is 44.1 Å². The van der Waals surface area contributed by atoms with Crippen LogP contribution in [0.25, 0.3) is 0 Å². The lowest BCUT2D eigenvalue weighted by Crippen LogP contribution is -2.14. The summed E-state index contributed by atoms with van der Waals surface area (Å²) in [7, 11) is 3.03. The molecule has 0 aromatic heterocycles. The van der Waals surface area contributed by atoms with Crippen LogP contribution in [0, 0.1) is 11.8 Å². The first kappa shape index (κ1) is 20.9. The number of aliphatic hydroxyl groups excluding tert-OH is 1. The van der Waals surface area contributed by atoms with Crippen LogP contribution in [0.2, 0.25) is 0 Å². The molecule has 0 spiro atoms. The minimum absolute atomic E-state index is 0.177. The summed E-state index contributed by atoms with van der Waals surface area (Å²) in [4.78, 5) is 11.9. The molecule has 5 heteroatoms. The first-order chi connectivity index (χ1) is 12.1. The van der Waals surface area contributed by atoms with Crippen molar-refractivity contribution >= 4 is 5.97 Å². The van der Waals surface area contributed by atoms with E-state index in [0.29, 0.717) is 18.4 Å². The highest BCUT2D eigenvalue weighted by molar-refractivity contribution is 5.89. The Morgan fingerprint density at radius 2 is 1.88 bits per heavy atom. The van der Waals surface area contributed by atoms with Gasteiger partial charge in [-0.15, -0.1) is 5.92 Å². The van der Waals surface area contributed by atoms with Gasteiger partial charge in [-0.3, -0.25) is 0 Å². The van der Waals surface area contributed by atoms with Crippen molar-refractivity contribution in [2.45, 2.75) is 44.7 Å². The van der Waals surface area contributed by atoms with Gasteiger partial charge >= 0.3 is 5.97 Å². The zero-order chi connectivity index (χ0) is 18.5. The average Bonchev–Trinajstić information content (AvgIpc) is 2.63. The fraction of sp³-hybridized carbons (Fsp3) is 0.450. The summed E-state index contributed by atoms with van der Waals surface area (Å²) < 4.78 is 15.3. The quantitative estimate of drug-likeness (QED) is 0.245. The van der Waals surface area contributed by atoms with Crippen molar-refractivity contribution in [1.29, 1.82) is 0 Å². The second-order valence-electron chi connectivity index (χ2n) is 5.46. The molecule has 1 N–H and O–H groups in total. The fourth-order valence-electron chi connectivity index (χ4n) is 2.04. The predicted octanol–water partition coefficient (Wildman–Crippen LogP) is 2.94. The molecule has 0 bridgehead atoms. The zero-order valence-electron chi connectivity index (χ0n) is 15.0. The van der Waals surface area contributed by atoms with E-state index in [0.717, 1.165) is 6.42 Å². The molecule has 0 unspecified atom stereocenters. The molecule has 1 aromatic rings. The Bertz CT molecular complexity index is 581. The first-order valence-corrected chi connectivity index (χ1v) is 8.23. The molecule has 136 valence electrons. The Kier molecular flexibility index (Phi) is 10.3. The minimum Gasteiger partial charge on any atom is -0.459 e. The number of methoxy groups -OCH3 is 2. The molecule has 1 rings (SSSR count). The molecule has 0 aliphatic rings. The maximum atomic E-state index is 11.9. The molecule has 5 nitrogen and oxygen atoms in total. The number of benzene rings is 1. The van der Waals surface area contributed by atoms with Gasteiger partial charge in [-0.1, -0.05) is 24.1 Å². The van der Waals surface area contributed by atoms with Crippen molar-refractivity contribution in [3.8, 4) is 11.8 Å². The third-order valence-electron chi connectivity index (χ3n) is 3.40. The Labute approximate surface area is 149 Å². The lowest BCUT2D eigenvalue weighted by Gasteiger charge is -2.12. The standard InChI is InChI=1S/C20H26O5/c1-16(25-20(22)17-11-7-5-8-12-17)10-6-4-9-13-18(21)14-15-19(23-2)24-3/h5,7-8,11-12,14-16,18-19,21H,4,6,10H2,1-3H3/b15-14+/t16-,18-/m0/s1. The molecule has 0 saturated carbocycles. The maximum absolute atomic E-state index is 11.9. The van der Waals surface area contributed by atoms with Crippen molar-refractivity contribution in [1.82, 2.24) is 0 Å². The largest absolute Gasteiger partial charge is 0.459 e. The summed E-state index contributed by atoms with van der Waals surface area (Å²) in [5.41, 5.74) is 0.550. The van der Waals surface area contributed by atoms with E-state index in [1.807, 2.05) is 13.0 Å². The Hall–Kier alpha value is -2.13. The number of rotatable bonds is 9. The third-order valence-corrected chi connectivity index (χ3v) is 3.40. The van der Waals surface area contributed by atoms with Crippen LogP contribution in [-0.4, -0.2) is 43.8 Å². The van der Waals surface area contributed by atoms with Gasteiger partial charge in [0.15, 0.2) is 6.29 Å². The van der Waals surface area contributed by atoms with Crippen molar-refractivity contribution < 1.29 is 24.1 Å². The Morgan fingerprint density at radius 3 is 2.52 bits per heavy atom. The van der Waals surface area contributed by atoms with E-state index in [2.05, 4.69) is 11.8 Å². The number of esters is 1. The molecule has 0 aliphatic carbocycles. The minimum atomic E-state index is -0.860. The van der Waals surface area contributed by atoms with Gasteiger partial charge in [0, 0.05) is 20.6 Å². The summed E-state index contributed by atoms with van der Waals surface area (Å²) in [5, 5.41) is 9.70. The summed E-state index contributed by atoms with van der Waals surface area (Å²) in [6.07, 6.45) is 3.72. The van der Waals surface area contributed by atoms with E-state index >= 15 is 0 Å². The van der Waals surface area contributed by atoms with Gasteiger partial charge in [0.05, 0.1) is 11.7 Å². The molecule has 0 aliphatic heterocycles. The number of hydrogen-bond acceptors (Lipinski definition) is 5. The van der Waals surface area contributed by atoms with Gasteiger partial charge < -0.3 is 19.3 Å². The summed E-state index contributed by atoms with van der Waals surface area (Å²) in [6, 6.07) is 8.92. The normalized spacial score (nSPS) is 13.3. The van der Waals surface area contributed by atoms with Gasteiger partial charge in [0.2, 0.25) is 0 Å². The number of ether oxygens (including phenoxy) is 3. The van der Waals surface area contributed by atoms with Crippen LogP contribution < -0.4 is 0 Å². The van der Waals surface area contributed by atoms with Gasteiger partial charge in [-0.2, -0.15) is 0 Å². The summed E-state index contributed by atoms with van der Waals surface area (Å²) in [6.45, 7) is 1.86. The lowest BCUT2D eigenvalue weighted by molar-refractivity contribution is -0.0670. The van der Waals surface area contributed by atoms with Crippen LogP contribution in [0.1, 0.15) is 36.5 Å². The van der Waals surface area contributed by atoms with Crippen molar-refractivity contribution in [3.05, 3.63) is 48.0 Å². The lowest BCUT2D eigenvalue weighted by atomic mass is 10.1. The number of carbonyl (C=O) groups excluding carboxylic acids is 1. The van der Waals surface area contributed by atoms with Crippen LogP contribution in [0.15, 0.2) is 42.5 Å². The SMILES string of the molecule is COC(/C=C/[C@@H](O)C#CCCC[C@H](C)OC(=O)c1ccccc1)OC. The average molecular weight is 346 g/mol. The van der Waals surface area contributed by atoms with Crippen LogP contribution >= 0.6 is 0 Å². The predicted molar refractivity (Wildman–Crippen MR) is 95.9 cm³/mol. The van der Waals surface area contributed by atoms with Crippen molar-refractivity contribution in [2.24, 2.45) is 0 Å². The van der Waals surface area contributed by atoms with Crippen LogP contribution in [0.4, 0.5) is 0 Å². The highest BCUT2D eigenvalue weighted by atomic mass is 16.7. The summed E-state index contributed by atoms with van der Waals surface area (Å²) >= 11 is 0. The molecule has 0 amide bonds. The Morgan fingerprint density at radius 1 is 1.20 bits per heavy atom. The molecule has 2 atom stereocenters. The fourth-order valence-corrected chi connectivity index (χ4v) is 2.04. The van der Waals surface area contributed by atoms with Crippen LogP contribution in [0.3, 0.4) is 0 Å². The van der Waals surface area contributed by atoms with E-state index < -0.39 is 12.4 Å². The van der Waals surface area contributed by atoms with E-state index in [9.17, 15) is 9.90 Å². The maximum Gasteiger partial charge on any atom is 0.338 e. The van der Waals surface area contributed by atoms with E-state index in [-0.39, 0.29) is 12.1 Å². The van der Waals surface area contributed by atoms with Crippen molar-refractivity contribution in [3.63, 3.8) is 0 Å². The molecule has 0 heterocycles. The smallest absolute Gasteiger partial charge is 0.338 e. The zero-order valence-corrected chi connectivity index (χ0v) is 15.0. The Balaban J connectivity index is 2.26. The highest BCUT2D eigenvalue weighted by Gasteiger charge is 2.10. The summed E-state index contributed by atoms with van der Waals surface area (Å²) in [5.74, 6) is 5.32. The number of unbranched alkanes of at least 4 members (excludes halogenated alkanes) is 1.